The van der Waals surface area contributed by atoms with E-state index in [1.165, 1.54) is 12.2 Å². The molecule has 0 heterocycles. The van der Waals surface area contributed by atoms with E-state index in [1.807, 2.05) is 18.2 Å². The van der Waals surface area contributed by atoms with E-state index >= 15 is 0 Å². The van der Waals surface area contributed by atoms with Gasteiger partial charge in [-0.15, -0.1) is 0 Å². The maximum absolute atomic E-state index is 11.1. The summed E-state index contributed by atoms with van der Waals surface area (Å²) in [6.07, 6.45) is 1.36. The minimum absolute atomic E-state index is 0.284. The third kappa shape index (κ3) is 1.69. The van der Waals surface area contributed by atoms with Crippen LogP contribution >= 0.6 is 0 Å². The van der Waals surface area contributed by atoms with Gasteiger partial charge in [0.2, 0.25) is 0 Å². The van der Waals surface area contributed by atoms with Crippen LogP contribution in [0.5, 0.6) is 0 Å². The second kappa shape index (κ2) is 3.71. The quantitative estimate of drug-likeness (QED) is 0.724. The number of benzene rings is 1. The van der Waals surface area contributed by atoms with Gasteiger partial charge in [-0.3, -0.25) is 4.79 Å². The van der Waals surface area contributed by atoms with Gasteiger partial charge in [-0.05, 0) is 17.7 Å². The van der Waals surface area contributed by atoms with Crippen LogP contribution in [0.2, 0.25) is 0 Å². The van der Waals surface area contributed by atoms with Gasteiger partial charge in [0, 0.05) is 5.57 Å². The number of aliphatic hydroxyl groups excluding tert-OH is 2. The molecule has 3 heteroatoms. The zero-order valence-electron chi connectivity index (χ0n) is 7.92. The molecule has 2 N–H and O–H groups in total. The van der Waals surface area contributed by atoms with E-state index in [0.29, 0.717) is 5.57 Å². The SMILES string of the molecule is O=C1C=CC(c2ccccc2)=C(O)C1O. The lowest BCUT2D eigenvalue weighted by Crippen LogP contribution is -2.24. The van der Waals surface area contributed by atoms with Crippen LogP contribution in [0.25, 0.3) is 5.57 Å². The summed E-state index contributed by atoms with van der Waals surface area (Å²) in [4.78, 5) is 11.1. The Morgan fingerprint density at radius 2 is 1.73 bits per heavy atom. The van der Waals surface area contributed by atoms with Crippen molar-refractivity contribution >= 4 is 11.4 Å². The highest BCUT2D eigenvalue weighted by Gasteiger charge is 2.24. The van der Waals surface area contributed by atoms with Crippen molar-refractivity contribution in [3.8, 4) is 0 Å². The first-order valence-corrected chi connectivity index (χ1v) is 4.58. The molecule has 0 saturated heterocycles. The van der Waals surface area contributed by atoms with E-state index < -0.39 is 11.9 Å². The molecule has 2 rings (SSSR count). The monoisotopic (exact) mass is 202 g/mol. The standard InChI is InChI=1S/C12H10O3/c13-10-7-6-9(11(14)12(10)15)8-4-2-1-3-5-8/h1-7,12,14-15H. The van der Waals surface area contributed by atoms with Crippen molar-refractivity contribution in [2.45, 2.75) is 6.10 Å². The number of hydrogen-bond acceptors (Lipinski definition) is 3. The number of carbonyl (C=O) groups is 1. The number of rotatable bonds is 1. The predicted molar refractivity (Wildman–Crippen MR) is 56.1 cm³/mol. The summed E-state index contributed by atoms with van der Waals surface area (Å²) in [5.41, 5.74) is 1.26. The van der Waals surface area contributed by atoms with Gasteiger partial charge >= 0.3 is 0 Å². The molecule has 0 spiro atoms. The second-order valence-electron chi connectivity index (χ2n) is 3.30. The van der Waals surface area contributed by atoms with Crippen molar-refractivity contribution in [1.29, 1.82) is 0 Å². The van der Waals surface area contributed by atoms with Gasteiger partial charge in [0.1, 0.15) is 5.76 Å². The van der Waals surface area contributed by atoms with Crippen molar-refractivity contribution in [3.05, 3.63) is 53.8 Å². The van der Waals surface area contributed by atoms with Gasteiger partial charge in [-0.2, -0.15) is 0 Å². The maximum Gasteiger partial charge on any atom is 0.191 e. The average Bonchev–Trinajstić information content (AvgIpc) is 2.27. The molecule has 0 amide bonds. The molecule has 1 unspecified atom stereocenters. The lowest BCUT2D eigenvalue weighted by Gasteiger charge is -2.15. The van der Waals surface area contributed by atoms with Crippen LogP contribution in [-0.2, 0) is 4.79 Å². The van der Waals surface area contributed by atoms with Crippen LogP contribution in [0.3, 0.4) is 0 Å². The van der Waals surface area contributed by atoms with E-state index in [2.05, 4.69) is 0 Å². The minimum atomic E-state index is -1.43. The molecule has 0 radical (unpaired) electrons. The first-order chi connectivity index (χ1) is 7.20. The van der Waals surface area contributed by atoms with Crippen molar-refractivity contribution < 1.29 is 15.0 Å². The van der Waals surface area contributed by atoms with Crippen molar-refractivity contribution in [2.75, 3.05) is 0 Å². The third-order valence-corrected chi connectivity index (χ3v) is 2.30. The largest absolute Gasteiger partial charge is 0.508 e. The van der Waals surface area contributed by atoms with Crippen LogP contribution in [0.15, 0.2) is 48.2 Å². The number of allylic oxidation sites excluding steroid dienone is 2. The molecule has 0 aliphatic heterocycles. The third-order valence-electron chi connectivity index (χ3n) is 2.30. The molecule has 3 nitrogen and oxygen atoms in total. The first kappa shape index (κ1) is 9.68. The Morgan fingerprint density at radius 1 is 1.07 bits per heavy atom. The van der Waals surface area contributed by atoms with E-state index in [1.54, 1.807) is 12.1 Å². The Balaban J connectivity index is 2.47. The van der Waals surface area contributed by atoms with Crippen molar-refractivity contribution in [3.63, 3.8) is 0 Å². The van der Waals surface area contributed by atoms with Crippen LogP contribution in [0.1, 0.15) is 5.56 Å². The molecule has 1 aromatic rings. The molecule has 76 valence electrons. The fourth-order valence-corrected chi connectivity index (χ4v) is 1.49. The smallest absolute Gasteiger partial charge is 0.191 e. The molecular weight excluding hydrogens is 192 g/mol. The first-order valence-electron chi connectivity index (χ1n) is 4.58. The van der Waals surface area contributed by atoms with E-state index in [-0.39, 0.29) is 5.76 Å². The summed E-state index contributed by atoms with van der Waals surface area (Å²) in [6.45, 7) is 0. The normalized spacial score (nSPS) is 20.9. The molecule has 15 heavy (non-hydrogen) atoms. The summed E-state index contributed by atoms with van der Waals surface area (Å²) >= 11 is 0. The Labute approximate surface area is 87.0 Å². The van der Waals surface area contributed by atoms with Crippen LogP contribution in [0, 0.1) is 0 Å². The zero-order valence-corrected chi connectivity index (χ0v) is 7.92. The topological polar surface area (TPSA) is 57.5 Å². The van der Waals surface area contributed by atoms with Gasteiger partial charge in [-0.1, -0.05) is 30.3 Å². The molecule has 1 aromatic carbocycles. The summed E-state index contributed by atoms with van der Waals surface area (Å²) in [5, 5.41) is 19.0. The molecule has 0 aromatic heterocycles. The molecular formula is C12H10O3. The Bertz CT molecular complexity index is 443. The highest BCUT2D eigenvalue weighted by atomic mass is 16.3. The molecule has 0 bridgehead atoms. The number of aliphatic hydroxyl groups is 2. The van der Waals surface area contributed by atoms with Gasteiger partial charge in [0.05, 0.1) is 0 Å². The van der Waals surface area contributed by atoms with Gasteiger partial charge in [0.15, 0.2) is 11.9 Å². The molecule has 1 atom stereocenters. The summed E-state index contributed by atoms with van der Waals surface area (Å²) in [5.74, 6) is -0.777. The fourth-order valence-electron chi connectivity index (χ4n) is 1.49. The van der Waals surface area contributed by atoms with E-state index in [9.17, 15) is 15.0 Å². The number of hydrogen-bond donors (Lipinski definition) is 2. The zero-order chi connectivity index (χ0) is 10.8. The fraction of sp³-hybridized carbons (Fsp3) is 0.0833. The molecule has 1 aliphatic rings. The Kier molecular flexibility index (Phi) is 2.39. The molecule has 0 saturated carbocycles. The van der Waals surface area contributed by atoms with Crippen molar-refractivity contribution in [1.82, 2.24) is 0 Å². The Morgan fingerprint density at radius 3 is 2.40 bits per heavy atom. The molecule has 1 aliphatic carbocycles. The predicted octanol–water partition coefficient (Wildman–Crippen LogP) is 1.46. The summed E-state index contributed by atoms with van der Waals surface area (Å²) in [6, 6.07) is 9.12. The summed E-state index contributed by atoms with van der Waals surface area (Å²) < 4.78 is 0. The maximum atomic E-state index is 11.1. The summed E-state index contributed by atoms with van der Waals surface area (Å²) in [7, 11) is 0. The highest BCUT2D eigenvalue weighted by Crippen LogP contribution is 2.24. The number of ketones is 1. The van der Waals surface area contributed by atoms with Crippen LogP contribution in [0.4, 0.5) is 0 Å². The van der Waals surface area contributed by atoms with Gasteiger partial charge < -0.3 is 10.2 Å². The average molecular weight is 202 g/mol. The Hall–Kier alpha value is -1.87. The van der Waals surface area contributed by atoms with E-state index in [0.717, 1.165) is 5.56 Å². The van der Waals surface area contributed by atoms with Crippen LogP contribution in [-0.4, -0.2) is 22.1 Å². The highest BCUT2D eigenvalue weighted by molar-refractivity contribution is 6.02. The number of carbonyl (C=O) groups excluding carboxylic acids is 1. The molecule has 0 fully saturated rings. The lowest BCUT2D eigenvalue weighted by molar-refractivity contribution is -0.121. The van der Waals surface area contributed by atoms with Crippen LogP contribution < -0.4 is 0 Å². The lowest BCUT2D eigenvalue weighted by atomic mass is 9.96. The van der Waals surface area contributed by atoms with Crippen molar-refractivity contribution in [2.24, 2.45) is 0 Å². The van der Waals surface area contributed by atoms with E-state index in [4.69, 9.17) is 0 Å². The van der Waals surface area contributed by atoms with Gasteiger partial charge in [0.25, 0.3) is 0 Å². The second-order valence-corrected chi connectivity index (χ2v) is 3.30. The minimum Gasteiger partial charge on any atom is -0.508 e. The van der Waals surface area contributed by atoms with Gasteiger partial charge in [-0.25, -0.2) is 0 Å².